The zero-order valence-corrected chi connectivity index (χ0v) is 9.00. The van der Waals surface area contributed by atoms with Gasteiger partial charge in [0.15, 0.2) is 5.79 Å². The van der Waals surface area contributed by atoms with Gasteiger partial charge in [0.1, 0.15) is 0 Å². The number of hydrogen-bond donors (Lipinski definition) is 0. The van der Waals surface area contributed by atoms with E-state index in [9.17, 15) is 0 Å². The fourth-order valence-electron chi connectivity index (χ4n) is 2.40. The molecule has 1 aliphatic heterocycles. The van der Waals surface area contributed by atoms with Gasteiger partial charge in [-0.3, -0.25) is 0 Å². The van der Waals surface area contributed by atoms with Gasteiger partial charge >= 0.3 is 0 Å². The molecule has 2 atom stereocenters. The average Bonchev–Trinajstić information content (AvgIpc) is 2.62. The van der Waals surface area contributed by atoms with Crippen LogP contribution in [0, 0.1) is 12.8 Å². The summed E-state index contributed by atoms with van der Waals surface area (Å²) in [4.78, 5) is 0. The topological polar surface area (TPSA) is 18.5 Å². The quantitative estimate of drug-likeness (QED) is 0.676. The predicted molar refractivity (Wildman–Crippen MR) is 54.7 cm³/mol. The van der Waals surface area contributed by atoms with Crippen LogP contribution in [0.2, 0.25) is 0 Å². The fraction of sp³-hybridized carbons (Fsp3) is 0.917. The summed E-state index contributed by atoms with van der Waals surface area (Å²) in [5.41, 5.74) is 0. The molecule has 2 rings (SSSR count). The second-order valence-electron chi connectivity index (χ2n) is 4.51. The first kappa shape index (κ1) is 10.4. The van der Waals surface area contributed by atoms with E-state index in [0.717, 1.165) is 19.3 Å². The molecule has 14 heavy (non-hydrogen) atoms. The Morgan fingerprint density at radius 1 is 1.36 bits per heavy atom. The first-order chi connectivity index (χ1) is 6.76. The lowest BCUT2D eigenvalue weighted by Gasteiger charge is -2.32. The molecule has 0 aromatic heterocycles. The Morgan fingerprint density at radius 3 is 2.71 bits per heavy atom. The number of rotatable bonds is 2. The minimum absolute atomic E-state index is 0.123. The van der Waals surface area contributed by atoms with Crippen molar-refractivity contribution in [3.8, 4) is 0 Å². The molecule has 2 fully saturated rings. The SMILES string of the molecule is [CH]C(CC)C1COC2(CCCCC2)O1. The molecular weight excluding hydrogens is 176 g/mol. The summed E-state index contributed by atoms with van der Waals surface area (Å²) in [7, 11) is 0. The highest BCUT2D eigenvalue weighted by molar-refractivity contribution is 4.85. The van der Waals surface area contributed by atoms with E-state index >= 15 is 0 Å². The summed E-state index contributed by atoms with van der Waals surface area (Å²) in [5, 5.41) is 0. The van der Waals surface area contributed by atoms with E-state index in [2.05, 4.69) is 6.92 Å². The van der Waals surface area contributed by atoms with Crippen molar-refractivity contribution in [3.63, 3.8) is 0 Å². The summed E-state index contributed by atoms with van der Waals surface area (Å²) in [5.74, 6) is -0.119. The minimum Gasteiger partial charge on any atom is -0.347 e. The molecule has 1 saturated carbocycles. The van der Waals surface area contributed by atoms with Crippen LogP contribution in [0.25, 0.3) is 0 Å². The van der Waals surface area contributed by atoms with Gasteiger partial charge in [-0.25, -0.2) is 0 Å². The maximum atomic E-state index is 6.00. The average molecular weight is 196 g/mol. The van der Waals surface area contributed by atoms with Gasteiger partial charge in [-0.1, -0.05) is 19.8 Å². The van der Waals surface area contributed by atoms with E-state index in [1.54, 1.807) is 0 Å². The van der Waals surface area contributed by atoms with Crippen LogP contribution in [0.5, 0.6) is 0 Å². The molecule has 2 aliphatic rings. The van der Waals surface area contributed by atoms with Crippen molar-refractivity contribution in [2.24, 2.45) is 5.92 Å². The standard InChI is InChI=1S/C12H20O2/c1-3-10(2)11-9-13-12(14-11)7-5-4-6-8-12/h2,10-11H,3-9H2,1H3. The second-order valence-corrected chi connectivity index (χ2v) is 4.51. The Balaban J connectivity index is 1.92. The molecule has 2 unspecified atom stereocenters. The Kier molecular flexibility index (Phi) is 3.13. The van der Waals surface area contributed by atoms with Crippen LogP contribution in [-0.2, 0) is 9.47 Å². The largest absolute Gasteiger partial charge is 0.347 e. The van der Waals surface area contributed by atoms with Crippen molar-refractivity contribution in [1.82, 2.24) is 0 Å². The summed E-state index contributed by atoms with van der Waals surface area (Å²) < 4.78 is 11.8. The molecular formula is C12H20O2. The molecule has 1 heterocycles. The van der Waals surface area contributed by atoms with Gasteiger partial charge in [0.2, 0.25) is 0 Å². The van der Waals surface area contributed by atoms with Crippen molar-refractivity contribution >= 4 is 0 Å². The van der Waals surface area contributed by atoms with Crippen LogP contribution in [0.1, 0.15) is 45.4 Å². The van der Waals surface area contributed by atoms with E-state index in [4.69, 9.17) is 16.4 Å². The monoisotopic (exact) mass is 196 g/mol. The Hall–Kier alpha value is -0.0800. The van der Waals surface area contributed by atoms with Gasteiger partial charge in [-0.2, -0.15) is 0 Å². The highest BCUT2D eigenvalue weighted by Gasteiger charge is 2.43. The molecule has 1 spiro atoms. The third-order valence-corrected chi connectivity index (χ3v) is 3.44. The zero-order valence-electron chi connectivity index (χ0n) is 9.00. The van der Waals surface area contributed by atoms with Crippen LogP contribution in [0.3, 0.4) is 0 Å². The summed E-state index contributed by atoms with van der Waals surface area (Å²) >= 11 is 0. The van der Waals surface area contributed by atoms with Crippen LogP contribution >= 0.6 is 0 Å². The van der Waals surface area contributed by atoms with Crippen LogP contribution in [0.4, 0.5) is 0 Å². The van der Waals surface area contributed by atoms with E-state index in [-0.39, 0.29) is 17.8 Å². The lowest BCUT2D eigenvalue weighted by atomic mass is 9.94. The van der Waals surface area contributed by atoms with Crippen LogP contribution in [-0.4, -0.2) is 18.5 Å². The van der Waals surface area contributed by atoms with Crippen molar-refractivity contribution in [3.05, 3.63) is 6.92 Å². The Bertz CT molecular complexity index is 185. The lowest BCUT2D eigenvalue weighted by Crippen LogP contribution is -2.34. The molecule has 0 amide bonds. The Labute approximate surface area is 87.0 Å². The Morgan fingerprint density at radius 2 is 2.07 bits per heavy atom. The van der Waals surface area contributed by atoms with Gasteiger partial charge in [-0.15, -0.1) is 0 Å². The summed E-state index contributed by atoms with van der Waals surface area (Å²) in [6.07, 6.45) is 6.98. The molecule has 1 aliphatic carbocycles. The molecule has 0 bridgehead atoms. The van der Waals surface area contributed by atoms with Gasteiger partial charge in [-0.05, 0) is 25.7 Å². The third-order valence-electron chi connectivity index (χ3n) is 3.44. The van der Waals surface area contributed by atoms with Gasteiger partial charge in [0.25, 0.3) is 0 Å². The minimum atomic E-state index is -0.254. The second kappa shape index (κ2) is 4.19. The van der Waals surface area contributed by atoms with Crippen molar-refractivity contribution < 1.29 is 9.47 Å². The molecule has 0 aromatic carbocycles. The third kappa shape index (κ3) is 1.96. The van der Waals surface area contributed by atoms with Crippen LogP contribution in [0.15, 0.2) is 0 Å². The summed E-state index contributed by atoms with van der Waals surface area (Å²) in [6.45, 7) is 8.75. The predicted octanol–water partition coefficient (Wildman–Crippen LogP) is 2.80. The number of hydrogen-bond acceptors (Lipinski definition) is 2. The van der Waals surface area contributed by atoms with Gasteiger partial charge < -0.3 is 9.47 Å². The van der Waals surface area contributed by atoms with E-state index in [1.807, 2.05) is 0 Å². The molecule has 2 nitrogen and oxygen atoms in total. The van der Waals surface area contributed by atoms with E-state index < -0.39 is 0 Å². The molecule has 2 radical (unpaired) electrons. The molecule has 0 aromatic rings. The molecule has 1 saturated heterocycles. The maximum Gasteiger partial charge on any atom is 0.168 e. The van der Waals surface area contributed by atoms with E-state index in [0.29, 0.717) is 6.61 Å². The lowest BCUT2D eigenvalue weighted by molar-refractivity contribution is -0.190. The van der Waals surface area contributed by atoms with Crippen molar-refractivity contribution in [1.29, 1.82) is 0 Å². The van der Waals surface area contributed by atoms with Crippen LogP contribution < -0.4 is 0 Å². The normalized spacial score (nSPS) is 33.4. The van der Waals surface area contributed by atoms with Gasteiger partial charge in [0, 0.05) is 12.8 Å². The smallest absolute Gasteiger partial charge is 0.168 e. The van der Waals surface area contributed by atoms with Crippen molar-refractivity contribution in [2.75, 3.05) is 6.61 Å². The zero-order chi connectivity index (χ0) is 10.0. The first-order valence-electron chi connectivity index (χ1n) is 5.83. The van der Waals surface area contributed by atoms with Gasteiger partial charge in [0.05, 0.1) is 12.7 Å². The highest BCUT2D eigenvalue weighted by Crippen LogP contribution is 2.39. The molecule has 2 heteroatoms. The fourth-order valence-corrected chi connectivity index (χ4v) is 2.40. The maximum absolute atomic E-state index is 6.00. The van der Waals surface area contributed by atoms with E-state index in [1.165, 1.54) is 19.3 Å². The first-order valence-corrected chi connectivity index (χ1v) is 5.83. The number of ether oxygens (including phenoxy) is 2. The highest BCUT2D eigenvalue weighted by atomic mass is 16.7. The molecule has 80 valence electrons. The van der Waals surface area contributed by atoms with Crippen molar-refractivity contribution in [2.45, 2.75) is 57.3 Å². The molecule has 0 N–H and O–H groups in total. The summed E-state index contributed by atoms with van der Waals surface area (Å²) in [6, 6.07) is 0.